The predicted octanol–water partition coefficient (Wildman–Crippen LogP) is 2.68. The van der Waals surface area contributed by atoms with E-state index in [-0.39, 0.29) is 0 Å². The van der Waals surface area contributed by atoms with Crippen LogP contribution in [-0.4, -0.2) is 5.97 Å². The lowest BCUT2D eigenvalue weighted by molar-refractivity contribution is -0.143. The molecule has 0 N–H and O–H groups in total. The highest BCUT2D eigenvalue weighted by Crippen LogP contribution is 2.36. The van der Waals surface area contributed by atoms with E-state index in [0.29, 0.717) is 0 Å². The minimum atomic E-state index is -1.02. The van der Waals surface area contributed by atoms with Crippen LogP contribution in [0.5, 0.6) is 0 Å². The lowest BCUT2D eigenvalue weighted by atomic mass is 9.78. The number of carbonyl (C=O) groups excluding carboxylic acids is 1. The first-order valence-electron chi connectivity index (χ1n) is 5.64. The van der Waals surface area contributed by atoms with Gasteiger partial charge in [0.05, 0.1) is 0 Å². The van der Waals surface area contributed by atoms with Crippen LogP contribution < -0.4 is 0 Å². The zero-order chi connectivity index (χ0) is 11.8. The Morgan fingerprint density at radius 3 is 1.82 bits per heavy atom. The summed E-state index contributed by atoms with van der Waals surface area (Å²) < 4.78 is 0. The van der Waals surface area contributed by atoms with E-state index in [1.165, 1.54) is 0 Å². The molecular weight excluding hydrogens is 212 g/mol. The van der Waals surface area contributed by atoms with Crippen molar-refractivity contribution in [3.63, 3.8) is 0 Å². The predicted molar refractivity (Wildman–Crippen MR) is 63.2 cm³/mol. The van der Waals surface area contributed by atoms with Crippen molar-refractivity contribution in [2.45, 2.75) is 12.3 Å². The van der Waals surface area contributed by atoms with Gasteiger partial charge in [-0.1, -0.05) is 48.5 Å². The Labute approximate surface area is 99.5 Å². The van der Waals surface area contributed by atoms with Gasteiger partial charge in [-0.3, -0.25) is 0 Å². The van der Waals surface area contributed by atoms with Crippen LogP contribution in [-0.2, 0) is 16.3 Å². The second-order valence-electron chi connectivity index (χ2n) is 4.33. The third-order valence-corrected chi connectivity index (χ3v) is 3.35. The molecule has 83 valence electrons. The maximum atomic E-state index is 11.4. The molecule has 0 aliphatic heterocycles. The van der Waals surface area contributed by atoms with E-state index < -0.39 is 11.9 Å². The van der Waals surface area contributed by atoms with E-state index in [0.717, 1.165) is 28.7 Å². The molecule has 2 nitrogen and oxygen atoms in total. The Kier molecular flexibility index (Phi) is 2.22. The van der Waals surface area contributed by atoms with E-state index in [1.807, 2.05) is 48.5 Å². The average Bonchev–Trinajstić information content (AvgIpc) is 2.35. The van der Waals surface area contributed by atoms with Crippen LogP contribution in [0.2, 0.25) is 0 Å². The quantitative estimate of drug-likeness (QED) is 0.732. The van der Waals surface area contributed by atoms with Gasteiger partial charge in [0.25, 0.3) is 0 Å². The maximum absolute atomic E-state index is 11.4. The number of fused-ring (bicyclic) bond motifs is 2. The van der Waals surface area contributed by atoms with Crippen molar-refractivity contribution >= 4 is 5.97 Å². The van der Waals surface area contributed by atoms with Crippen LogP contribution >= 0.6 is 0 Å². The number of hydrogen-bond donors (Lipinski definition) is 0. The smallest absolute Gasteiger partial charge is 0.246 e. The molecule has 2 heteroatoms. The van der Waals surface area contributed by atoms with Gasteiger partial charge in [-0.25, -0.2) is 9.90 Å². The fourth-order valence-electron chi connectivity index (χ4n) is 2.58. The number of carbonyl (C=O) groups is 1. The Balaban J connectivity index is 2.24. The fraction of sp³-hybridized carbons (Fsp3) is 0.133. The van der Waals surface area contributed by atoms with Gasteiger partial charge < -0.3 is 0 Å². The monoisotopic (exact) mass is 223 g/mol. The topological polar surface area (TPSA) is 37.0 Å². The number of benzene rings is 2. The van der Waals surface area contributed by atoms with Gasteiger partial charge in [0.1, 0.15) is 5.92 Å². The van der Waals surface area contributed by atoms with E-state index in [2.05, 4.69) is 0 Å². The Morgan fingerprint density at radius 2 is 1.35 bits per heavy atom. The van der Waals surface area contributed by atoms with Crippen LogP contribution in [0.1, 0.15) is 28.2 Å². The first-order chi connectivity index (χ1) is 8.27. The molecule has 1 aliphatic rings. The average molecular weight is 223 g/mol. The van der Waals surface area contributed by atoms with Gasteiger partial charge >= 0.3 is 5.97 Å². The highest BCUT2D eigenvalue weighted by Gasteiger charge is 2.31. The van der Waals surface area contributed by atoms with Crippen molar-refractivity contribution < 1.29 is 9.90 Å². The molecule has 0 spiro atoms. The number of hydrogen-bond acceptors (Lipinski definition) is 1. The van der Waals surface area contributed by atoms with Crippen molar-refractivity contribution in [2.75, 3.05) is 0 Å². The Hall–Kier alpha value is -2.09. The lowest BCUT2D eigenvalue weighted by Crippen LogP contribution is -2.20. The second-order valence-corrected chi connectivity index (χ2v) is 4.33. The molecule has 1 radical (unpaired) electrons. The van der Waals surface area contributed by atoms with Gasteiger partial charge in [-0.05, 0) is 28.7 Å². The summed E-state index contributed by atoms with van der Waals surface area (Å²) in [5, 5.41) is 11.4. The molecule has 0 aromatic heterocycles. The first kappa shape index (κ1) is 10.1. The van der Waals surface area contributed by atoms with E-state index >= 15 is 0 Å². The second kappa shape index (κ2) is 3.74. The lowest BCUT2D eigenvalue weighted by Gasteiger charge is -2.24. The minimum absolute atomic E-state index is 0.629. The standard InChI is InChI=1S/C15H11O2/c16-15(17)14-12-7-3-1-5-10(12)9-11-6-2-4-8-13(11)14/h1-8,14H,9H2. The third-order valence-electron chi connectivity index (χ3n) is 3.35. The van der Waals surface area contributed by atoms with Crippen molar-refractivity contribution in [3.8, 4) is 0 Å². The van der Waals surface area contributed by atoms with Crippen molar-refractivity contribution in [3.05, 3.63) is 70.8 Å². The summed E-state index contributed by atoms with van der Waals surface area (Å²) in [4.78, 5) is 11.4. The van der Waals surface area contributed by atoms with Crippen molar-refractivity contribution in [1.82, 2.24) is 0 Å². The zero-order valence-electron chi connectivity index (χ0n) is 9.22. The number of rotatable bonds is 1. The molecule has 0 amide bonds. The van der Waals surface area contributed by atoms with Crippen LogP contribution in [0.4, 0.5) is 0 Å². The summed E-state index contributed by atoms with van der Waals surface area (Å²) in [5.41, 5.74) is 3.90. The van der Waals surface area contributed by atoms with Crippen LogP contribution in [0.3, 0.4) is 0 Å². The molecule has 0 bridgehead atoms. The van der Waals surface area contributed by atoms with Gasteiger partial charge in [0.2, 0.25) is 0 Å². The van der Waals surface area contributed by atoms with Gasteiger partial charge in [-0.2, -0.15) is 0 Å². The van der Waals surface area contributed by atoms with E-state index in [9.17, 15) is 9.90 Å². The molecular formula is C15H11O2. The molecule has 0 saturated heterocycles. The summed E-state index contributed by atoms with van der Waals surface area (Å²) in [6, 6.07) is 15.4. The molecule has 0 unspecified atom stereocenters. The maximum Gasteiger partial charge on any atom is 0.367 e. The molecule has 0 fully saturated rings. The molecule has 2 aromatic rings. The molecule has 17 heavy (non-hydrogen) atoms. The Bertz CT molecular complexity index is 541. The van der Waals surface area contributed by atoms with E-state index in [4.69, 9.17) is 0 Å². The summed E-state index contributed by atoms with van der Waals surface area (Å²) in [6.07, 6.45) is 0.802. The summed E-state index contributed by atoms with van der Waals surface area (Å²) >= 11 is 0. The van der Waals surface area contributed by atoms with Crippen molar-refractivity contribution in [2.24, 2.45) is 0 Å². The molecule has 2 aromatic carbocycles. The zero-order valence-corrected chi connectivity index (χ0v) is 9.22. The van der Waals surface area contributed by atoms with Crippen LogP contribution in [0, 0.1) is 0 Å². The third kappa shape index (κ3) is 1.53. The summed E-state index contributed by atoms with van der Waals surface area (Å²) in [7, 11) is 0. The largest absolute Gasteiger partial charge is 0.367 e. The van der Waals surface area contributed by atoms with Gasteiger partial charge in [0, 0.05) is 0 Å². The fourth-order valence-corrected chi connectivity index (χ4v) is 2.58. The van der Waals surface area contributed by atoms with Crippen molar-refractivity contribution in [1.29, 1.82) is 0 Å². The van der Waals surface area contributed by atoms with Gasteiger partial charge in [-0.15, -0.1) is 0 Å². The van der Waals surface area contributed by atoms with E-state index in [1.54, 1.807) is 0 Å². The molecule has 0 heterocycles. The molecule has 1 aliphatic carbocycles. The van der Waals surface area contributed by atoms with Crippen LogP contribution in [0.15, 0.2) is 48.5 Å². The first-order valence-corrected chi connectivity index (χ1v) is 5.64. The summed E-state index contributed by atoms with van der Waals surface area (Å²) in [6.45, 7) is 0. The summed E-state index contributed by atoms with van der Waals surface area (Å²) in [5.74, 6) is -1.65. The highest BCUT2D eigenvalue weighted by atomic mass is 16.4. The normalized spacial score (nSPS) is 13.9. The molecule has 0 saturated carbocycles. The van der Waals surface area contributed by atoms with Gasteiger partial charge in [0.15, 0.2) is 0 Å². The molecule has 3 rings (SSSR count). The van der Waals surface area contributed by atoms with Crippen LogP contribution in [0.25, 0.3) is 0 Å². The SMILES string of the molecule is [O]C(=O)C1c2ccccc2Cc2ccccc21. The minimum Gasteiger partial charge on any atom is -0.246 e. The molecule has 0 atom stereocenters. The Morgan fingerprint density at radius 1 is 0.882 bits per heavy atom. The highest BCUT2D eigenvalue weighted by molar-refractivity contribution is 5.82.